The summed E-state index contributed by atoms with van der Waals surface area (Å²) < 4.78 is 37.8. The number of aliphatic carboxylic acids is 1. The SMILES string of the molecule is CCn1c(CCC(F)(F)F)nnc1SCC(=O)O. The quantitative estimate of drug-likeness (QED) is 0.808. The molecule has 0 saturated carbocycles. The molecule has 18 heavy (non-hydrogen) atoms. The van der Waals surface area contributed by atoms with Crippen molar-refractivity contribution in [3.8, 4) is 0 Å². The van der Waals surface area contributed by atoms with Gasteiger partial charge in [0.15, 0.2) is 5.16 Å². The standard InChI is InChI=1S/C9H12F3N3O2S/c1-2-15-6(3-4-9(10,11)12)13-14-8(15)18-5-7(16)17/h2-5H2,1H3,(H,16,17). The normalized spacial score (nSPS) is 11.8. The van der Waals surface area contributed by atoms with Gasteiger partial charge >= 0.3 is 12.1 Å². The number of carboxylic acids is 1. The van der Waals surface area contributed by atoms with Gasteiger partial charge in [0.05, 0.1) is 12.2 Å². The maximum absolute atomic E-state index is 12.1. The van der Waals surface area contributed by atoms with E-state index in [1.165, 1.54) is 4.57 Å². The van der Waals surface area contributed by atoms with Crippen molar-refractivity contribution in [1.29, 1.82) is 0 Å². The van der Waals surface area contributed by atoms with E-state index in [4.69, 9.17) is 5.11 Å². The monoisotopic (exact) mass is 283 g/mol. The summed E-state index contributed by atoms with van der Waals surface area (Å²) in [4.78, 5) is 10.4. The number of carboxylic acid groups (broad SMARTS) is 1. The molecule has 0 fully saturated rings. The fraction of sp³-hybridized carbons (Fsp3) is 0.667. The Morgan fingerprint density at radius 2 is 2.11 bits per heavy atom. The van der Waals surface area contributed by atoms with Gasteiger partial charge in [0.1, 0.15) is 5.82 Å². The van der Waals surface area contributed by atoms with Gasteiger partial charge in [0.2, 0.25) is 0 Å². The van der Waals surface area contributed by atoms with Crippen LogP contribution in [-0.2, 0) is 17.8 Å². The van der Waals surface area contributed by atoms with Crippen molar-refractivity contribution in [2.45, 2.75) is 37.6 Å². The van der Waals surface area contributed by atoms with Crippen LogP contribution < -0.4 is 0 Å². The van der Waals surface area contributed by atoms with Crippen molar-refractivity contribution in [1.82, 2.24) is 14.8 Å². The fourth-order valence-electron chi connectivity index (χ4n) is 1.31. The number of aryl methyl sites for hydroxylation is 1. The zero-order chi connectivity index (χ0) is 13.8. The van der Waals surface area contributed by atoms with Crippen LogP contribution in [0.2, 0.25) is 0 Å². The maximum Gasteiger partial charge on any atom is 0.389 e. The molecule has 0 saturated heterocycles. The summed E-state index contributed by atoms with van der Waals surface area (Å²) in [7, 11) is 0. The minimum Gasteiger partial charge on any atom is -0.481 e. The number of hydrogen-bond donors (Lipinski definition) is 1. The van der Waals surface area contributed by atoms with Gasteiger partial charge in [0.25, 0.3) is 0 Å². The molecule has 0 aliphatic heterocycles. The second kappa shape index (κ2) is 6.07. The summed E-state index contributed by atoms with van der Waals surface area (Å²) in [6.45, 7) is 2.15. The maximum atomic E-state index is 12.1. The Balaban J connectivity index is 2.72. The summed E-state index contributed by atoms with van der Waals surface area (Å²) in [5.41, 5.74) is 0. The number of thioether (sulfide) groups is 1. The predicted molar refractivity (Wildman–Crippen MR) is 58.4 cm³/mol. The smallest absolute Gasteiger partial charge is 0.389 e. The van der Waals surface area contributed by atoms with E-state index in [0.29, 0.717) is 11.7 Å². The van der Waals surface area contributed by atoms with Crippen molar-refractivity contribution in [2.24, 2.45) is 0 Å². The van der Waals surface area contributed by atoms with Crippen LogP contribution >= 0.6 is 11.8 Å². The average molecular weight is 283 g/mol. The molecule has 1 aromatic rings. The summed E-state index contributed by atoms with van der Waals surface area (Å²) >= 11 is 0.942. The second-order valence-electron chi connectivity index (χ2n) is 3.44. The molecule has 0 atom stereocenters. The number of halogens is 3. The molecule has 0 amide bonds. The molecule has 0 unspecified atom stereocenters. The first-order valence-electron chi connectivity index (χ1n) is 5.17. The second-order valence-corrected chi connectivity index (χ2v) is 4.38. The van der Waals surface area contributed by atoms with E-state index < -0.39 is 18.6 Å². The van der Waals surface area contributed by atoms with E-state index in [9.17, 15) is 18.0 Å². The highest BCUT2D eigenvalue weighted by Gasteiger charge is 2.28. The topological polar surface area (TPSA) is 68.0 Å². The van der Waals surface area contributed by atoms with E-state index in [-0.39, 0.29) is 18.0 Å². The van der Waals surface area contributed by atoms with Gasteiger partial charge in [-0.05, 0) is 6.92 Å². The Bertz CT molecular complexity index is 420. The lowest BCUT2D eigenvalue weighted by Gasteiger charge is -2.08. The van der Waals surface area contributed by atoms with Crippen molar-refractivity contribution in [3.63, 3.8) is 0 Å². The molecule has 102 valence electrons. The molecule has 0 aliphatic rings. The third-order valence-corrected chi connectivity index (χ3v) is 3.02. The number of rotatable bonds is 6. The Hall–Kier alpha value is -1.25. The van der Waals surface area contributed by atoms with Crippen LogP contribution in [0.15, 0.2) is 5.16 Å². The molecule has 0 aromatic carbocycles. The molecule has 1 heterocycles. The number of hydrogen-bond acceptors (Lipinski definition) is 4. The number of nitrogens with zero attached hydrogens (tertiary/aromatic N) is 3. The first kappa shape index (κ1) is 14.8. The van der Waals surface area contributed by atoms with Gasteiger partial charge in [-0.15, -0.1) is 10.2 Å². The molecule has 0 spiro atoms. The molecule has 0 radical (unpaired) electrons. The van der Waals surface area contributed by atoms with Gasteiger partial charge in [-0.2, -0.15) is 13.2 Å². The van der Waals surface area contributed by atoms with Crippen molar-refractivity contribution in [2.75, 3.05) is 5.75 Å². The van der Waals surface area contributed by atoms with Gasteiger partial charge in [0, 0.05) is 13.0 Å². The minimum absolute atomic E-state index is 0.197. The van der Waals surface area contributed by atoms with Gasteiger partial charge in [-0.1, -0.05) is 11.8 Å². The molecule has 9 heteroatoms. The number of aromatic nitrogens is 3. The van der Waals surface area contributed by atoms with Gasteiger partial charge < -0.3 is 9.67 Å². The lowest BCUT2D eigenvalue weighted by atomic mass is 10.3. The summed E-state index contributed by atoms with van der Waals surface area (Å²) in [6.07, 6.45) is -5.45. The Kier molecular flexibility index (Phi) is 5.00. The van der Waals surface area contributed by atoms with E-state index in [2.05, 4.69) is 10.2 Å². The zero-order valence-corrected chi connectivity index (χ0v) is 10.4. The predicted octanol–water partition coefficient (Wildman–Crippen LogP) is 1.97. The Morgan fingerprint density at radius 1 is 1.44 bits per heavy atom. The van der Waals surface area contributed by atoms with Crippen LogP contribution in [0.25, 0.3) is 0 Å². The first-order chi connectivity index (χ1) is 8.33. The molecule has 0 bridgehead atoms. The zero-order valence-electron chi connectivity index (χ0n) is 9.57. The van der Waals surface area contributed by atoms with Gasteiger partial charge in [-0.3, -0.25) is 4.79 Å². The Morgan fingerprint density at radius 3 is 2.61 bits per heavy atom. The van der Waals surface area contributed by atoms with E-state index in [1.54, 1.807) is 6.92 Å². The van der Waals surface area contributed by atoms with Crippen LogP contribution in [0.3, 0.4) is 0 Å². The Labute approximate surface area is 105 Å². The number of alkyl halides is 3. The lowest BCUT2D eigenvalue weighted by Crippen LogP contribution is -2.12. The van der Waals surface area contributed by atoms with Crippen LogP contribution in [0.1, 0.15) is 19.2 Å². The average Bonchev–Trinajstić information content (AvgIpc) is 2.64. The molecule has 5 nitrogen and oxygen atoms in total. The third-order valence-electron chi connectivity index (χ3n) is 2.07. The van der Waals surface area contributed by atoms with Crippen LogP contribution in [0.5, 0.6) is 0 Å². The van der Waals surface area contributed by atoms with Crippen LogP contribution in [0.4, 0.5) is 13.2 Å². The lowest BCUT2D eigenvalue weighted by molar-refractivity contribution is -0.135. The van der Waals surface area contributed by atoms with Crippen molar-refractivity contribution >= 4 is 17.7 Å². The molecular weight excluding hydrogens is 271 g/mol. The summed E-state index contributed by atoms with van der Waals surface area (Å²) in [5, 5.41) is 16.2. The molecular formula is C9H12F3N3O2S. The largest absolute Gasteiger partial charge is 0.481 e. The van der Waals surface area contributed by atoms with Gasteiger partial charge in [-0.25, -0.2) is 0 Å². The van der Waals surface area contributed by atoms with Crippen molar-refractivity contribution in [3.05, 3.63) is 5.82 Å². The minimum atomic E-state index is -4.24. The van der Waals surface area contributed by atoms with Crippen LogP contribution in [0, 0.1) is 0 Å². The molecule has 0 aliphatic carbocycles. The number of carbonyl (C=O) groups is 1. The van der Waals surface area contributed by atoms with Crippen molar-refractivity contribution < 1.29 is 23.1 Å². The summed E-state index contributed by atoms with van der Waals surface area (Å²) in [6, 6.07) is 0. The molecule has 1 aromatic heterocycles. The highest BCUT2D eigenvalue weighted by Crippen LogP contribution is 2.23. The highest BCUT2D eigenvalue weighted by molar-refractivity contribution is 7.99. The van der Waals surface area contributed by atoms with E-state index in [0.717, 1.165) is 11.8 Å². The van der Waals surface area contributed by atoms with Crippen LogP contribution in [-0.4, -0.2) is 37.8 Å². The first-order valence-corrected chi connectivity index (χ1v) is 6.15. The highest BCUT2D eigenvalue weighted by atomic mass is 32.2. The summed E-state index contributed by atoms with van der Waals surface area (Å²) in [5.74, 6) is -0.984. The molecule has 1 rings (SSSR count). The van der Waals surface area contributed by atoms with E-state index in [1.807, 2.05) is 0 Å². The molecule has 1 N–H and O–H groups in total. The third kappa shape index (κ3) is 4.55. The van der Waals surface area contributed by atoms with E-state index >= 15 is 0 Å². The fourth-order valence-corrected chi connectivity index (χ4v) is 2.05.